The van der Waals surface area contributed by atoms with Crippen LogP contribution >= 0.6 is 11.3 Å². The Labute approximate surface area is 205 Å². The van der Waals surface area contributed by atoms with Gasteiger partial charge < -0.3 is 4.74 Å². The van der Waals surface area contributed by atoms with Gasteiger partial charge in [0, 0.05) is 17.1 Å². The number of hydrogen-bond donors (Lipinski definition) is 0. The SMILES string of the molecule is CCCCCCCCOc1ccc(-c2ccc(CCCCCCC)cc2-c2nccs2)cc1. The maximum atomic E-state index is 5.99. The van der Waals surface area contributed by atoms with Crippen molar-refractivity contribution >= 4 is 11.3 Å². The molecule has 33 heavy (non-hydrogen) atoms. The molecule has 0 atom stereocenters. The van der Waals surface area contributed by atoms with Gasteiger partial charge in [0.2, 0.25) is 0 Å². The minimum absolute atomic E-state index is 0.808. The zero-order chi connectivity index (χ0) is 23.1. The summed E-state index contributed by atoms with van der Waals surface area (Å²) in [4.78, 5) is 4.62. The molecule has 0 aliphatic rings. The molecule has 0 unspecified atom stereocenters. The number of thiazole rings is 1. The van der Waals surface area contributed by atoms with Gasteiger partial charge in [-0.3, -0.25) is 0 Å². The van der Waals surface area contributed by atoms with Crippen molar-refractivity contribution in [2.45, 2.75) is 90.9 Å². The van der Waals surface area contributed by atoms with Crippen LogP contribution in [0.4, 0.5) is 0 Å². The fourth-order valence-corrected chi connectivity index (χ4v) is 4.94. The smallest absolute Gasteiger partial charge is 0.123 e. The molecule has 0 fully saturated rings. The summed E-state index contributed by atoms with van der Waals surface area (Å²) >= 11 is 1.72. The van der Waals surface area contributed by atoms with E-state index >= 15 is 0 Å². The maximum absolute atomic E-state index is 5.99. The number of aryl methyl sites for hydroxylation is 1. The van der Waals surface area contributed by atoms with Crippen LogP contribution < -0.4 is 4.74 Å². The van der Waals surface area contributed by atoms with Crippen LogP contribution in [0.1, 0.15) is 90.0 Å². The first-order valence-corrected chi connectivity index (χ1v) is 14.0. The van der Waals surface area contributed by atoms with Crippen LogP contribution in [0.5, 0.6) is 5.75 Å². The Morgan fingerprint density at radius 1 is 0.727 bits per heavy atom. The summed E-state index contributed by atoms with van der Waals surface area (Å²) in [6.45, 7) is 5.34. The molecule has 0 aliphatic heterocycles. The van der Waals surface area contributed by atoms with Crippen molar-refractivity contribution in [2.24, 2.45) is 0 Å². The molecular weight excluding hydrogens is 422 g/mol. The molecule has 0 aliphatic carbocycles. The van der Waals surface area contributed by atoms with Gasteiger partial charge in [-0.15, -0.1) is 11.3 Å². The lowest BCUT2D eigenvalue weighted by atomic mass is 9.95. The van der Waals surface area contributed by atoms with Gasteiger partial charge in [-0.2, -0.15) is 0 Å². The van der Waals surface area contributed by atoms with Crippen molar-refractivity contribution in [1.29, 1.82) is 0 Å². The molecule has 2 aromatic carbocycles. The molecule has 0 saturated heterocycles. The third kappa shape index (κ3) is 8.62. The lowest BCUT2D eigenvalue weighted by molar-refractivity contribution is 0.304. The number of benzene rings is 2. The Kier molecular flexibility index (Phi) is 11.5. The minimum Gasteiger partial charge on any atom is -0.494 e. The molecule has 3 aromatic rings. The Morgan fingerprint density at radius 2 is 1.42 bits per heavy atom. The van der Waals surface area contributed by atoms with E-state index in [1.807, 2.05) is 6.20 Å². The fraction of sp³-hybridized carbons (Fsp3) is 0.500. The molecule has 0 N–H and O–H groups in total. The molecule has 3 rings (SSSR count). The lowest BCUT2D eigenvalue weighted by Gasteiger charge is -2.12. The molecule has 0 amide bonds. The highest BCUT2D eigenvalue weighted by Crippen LogP contribution is 2.35. The minimum atomic E-state index is 0.808. The van der Waals surface area contributed by atoms with Crippen molar-refractivity contribution in [1.82, 2.24) is 4.98 Å². The van der Waals surface area contributed by atoms with Gasteiger partial charge >= 0.3 is 0 Å². The van der Waals surface area contributed by atoms with Gasteiger partial charge in [-0.05, 0) is 54.2 Å². The number of hydrogen-bond acceptors (Lipinski definition) is 3. The zero-order valence-electron chi connectivity index (χ0n) is 20.7. The monoisotopic (exact) mass is 463 g/mol. The van der Waals surface area contributed by atoms with E-state index in [1.165, 1.54) is 86.5 Å². The van der Waals surface area contributed by atoms with Gasteiger partial charge in [-0.25, -0.2) is 4.98 Å². The molecule has 1 heterocycles. The second-order valence-electron chi connectivity index (χ2n) is 9.02. The Hall–Kier alpha value is -2.13. The van der Waals surface area contributed by atoms with Crippen LogP contribution in [0.3, 0.4) is 0 Å². The Bertz CT molecular complexity index is 902. The molecule has 0 bridgehead atoms. The summed E-state index contributed by atoms with van der Waals surface area (Å²) in [7, 11) is 0. The summed E-state index contributed by atoms with van der Waals surface area (Å²) < 4.78 is 5.99. The predicted molar refractivity (Wildman–Crippen MR) is 144 cm³/mol. The van der Waals surface area contributed by atoms with E-state index in [0.717, 1.165) is 30.2 Å². The number of nitrogens with zero attached hydrogens (tertiary/aromatic N) is 1. The third-order valence-corrected chi connectivity index (χ3v) is 7.05. The summed E-state index contributed by atoms with van der Waals surface area (Å²) in [6.07, 6.45) is 17.4. The highest BCUT2D eigenvalue weighted by atomic mass is 32.1. The van der Waals surface area contributed by atoms with Gasteiger partial charge in [-0.1, -0.05) is 95.9 Å². The average Bonchev–Trinajstić information content (AvgIpc) is 3.39. The molecule has 2 nitrogen and oxygen atoms in total. The summed E-state index contributed by atoms with van der Waals surface area (Å²) in [5.41, 5.74) is 5.14. The van der Waals surface area contributed by atoms with Gasteiger partial charge in [0.1, 0.15) is 10.8 Å². The molecule has 1 aromatic heterocycles. The van der Waals surface area contributed by atoms with Crippen LogP contribution in [0.2, 0.25) is 0 Å². The summed E-state index contributed by atoms with van der Waals surface area (Å²) in [5, 5.41) is 3.16. The first kappa shape index (κ1) is 25.5. The molecule has 0 radical (unpaired) electrons. The van der Waals surface area contributed by atoms with Crippen LogP contribution in [-0.4, -0.2) is 11.6 Å². The number of unbranched alkanes of at least 4 members (excludes halogenated alkanes) is 9. The van der Waals surface area contributed by atoms with Gasteiger partial charge in [0.05, 0.1) is 6.61 Å². The van der Waals surface area contributed by atoms with Crippen molar-refractivity contribution < 1.29 is 4.74 Å². The highest BCUT2D eigenvalue weighted by Gasteiger charge is 2.11. The van der Waals surface area contributed by atoms with E-state index in [-0.39, 0.29) is 0 Å². The van der Waals surface area contributed by atoms with E-state index in [9.17, 15) is 0 Å². The van der Waals surface area contributed by atoms with E-state index in [4.69, 9.17) is 4.74 Å². The van der Waals surface area contributed by atoms with Gasteiger partial charge in [0.15, 0.2) is 0 Å². The van der Waals surface area contributed by atoms with Crippen molar-refractivity contribution in [3.63, 3.8) is 0 Å². The number of aromatic nitrogens is 1. The van der Waals surface area contributed by atoms with Crippen molar-refractivity contribution in [3.05, 3.63) is 59.6 Å². The average molecular weight is 464 g/mol. The molecule has 3 heteroatoms. The van der Waals surface area contributed by atoms with Crippen LogP contribution in [-0.2, 0) is 6.42 Å². The van der Waals surface area contributed by atoms with Crippen LogP contribution in [0.25, 0.3) is 21.7 Å². The molecule has 0 spiro atoms. The first-order valence-electron chi connectivity index (χ1n) is 13.1. The first-order chi connectivity index (χ1) is 16.3. The Balaban J connectivity index is 1.61. The van der Waals surface area contributed by atoms with Crippen molar-refractivity contribution in [2.75, 3.05) is 6.61 Å². The second kappa shape index (κ2) is 14.9. The van der Waals surface area contributed by atoms with Gasteiger partial charge in [0.25, 0.3) is 0 Å². The van der Waals surface area contributed by atoms with E-state index in [0.29, 0.717) is 0 Å². The van der Waals surface area contributed by atoms with Crippen LogP contribution in [0.15, 0.2) is 54.0 Å². The molecule has 178 valence electrons. The highest BCUT2D eigenvalue weighted by molar-refractivity contribution is 7.13. The number of rotatable bonds is 16. The van der Waals surface area contributed by atoms with Crippen molar-refractivity contribution in [3.8, 4) is 27.4 Å². The Morgan fingerprint density at radius 3 is 2.12 bits per heavy atom. The standard InChI is InChI=1S/C30H41NOS/c1-3-5-7-9-11-13-22-32-27-18-16-26(17-19-27)28-20-15-25(14-12-10-8-6-4-2)24-29(28)30-31-21-23-33-30/h15-21,23-24H,3-14,22H2,1-2H3. The lowest BCUT2D eigenvalue weighted by Crippen LogP contribution is -1.97. The topological polar surface area (TPSA) is 22.1 Å². The molecule has 0 saturated carbocycles. The van der Waals surface area contributed by atoms with E-state index in [2.05, 4.69) is 66.7 Å². The zero-order valence-corrected chi connectivity index (χ0v) is 21.5. The normalized spacial score (nSPS) is 11.1. The number of ether oxygens (including phenoxy) is 1. The second-order valence-corrected chi connectivity index (χ2v) is 9.92. The third-order valence-electron chi connectivity index (χ3n) is 6.25. The summed E-state index contributed by atoms with van der Waals surface area (Å²) in [5.74, 6) is 0.965. The largest absolute Gasteiger partial charge is 0.494 e. The fourth-order valence-electron chi connectivity index (χ4n) is 4.27. The maximum Gasteiger partial charge on any atom is 0.123 e. The molecular formula is C30H41NOS. The van der Waals surface area contributed by atoms with E-state index < -0.39 is 0 Å². The summed E-state index contributed by atoms with van der Waals surface area (Å²) in [6, 6.07) is 15.5. The van der Waals surface area contributed by atoms with E-state index in [1.54, 1.807) is 11.3 Å². The van der Waals surface area contributed by atoms with Crippen LogP contribution in [0, 0.1) is 0 Å². The quantitative estimate of drug-likeness (QED) is 0.197. The predicted octanol–water partition coefficient (Wildman–Crippen LogP) is 9.73.